The lowest BCUT2D eigenvalue weighted by Crippen LogP contribution is -2.23. The molecule has 0 spiro atoms. The molecule has 1 heteroatoms. The molecule has 0 radical (unpaired) electrons. The van der Waals surface area contributed by atoms with Crippen LogP contribution in [0.5, 0.6) is 0 Å². The number of hydrogen-bond donors (Lipinski definition) is 0. The summed E-state index contributed by atoms with van der Waals surface area (Å²) in [5, 5.41) is 0. The minimum absolute atomic E-state index is 0.0860. The van der Waals surface area contributed by atoms with Gasteiger partial charge in [0, 0.05) is 0 Å². The largest absolute Gasteiger partial charge is 0.207 e. The van der Waals surface area contributed by atoms with Crippen LogP contribution in [-0.2, 0) is 6.42 Å². The fourth-order valence-electron chi connectivity index (χ4n) is 3.98. The van der Waals surface area contributed by atoms with Gasteiger partial charge in [0.15, 0.2) is 0 Å². The maximum atomic E-state index is 13.5. The van der Waals surface area contributed by atoms with E-state index >= 15 is 0 Å². The molecular weight excluding hydrogens is 247 g/mol. The minimum atomic E-state index is -0.0860. The smallest absolute Gasteiger partial charge is 0.123 e. The summed E-state index contributed by atoms with van der Waals surface area (Å²) in [6.07, 6.45) is 9.01. The van der Waals surface area contributed by atoms with E-state index in [-0.39, 0.29) is 5.82 Å². The van der Waals surface area contributed by atoms with Gasteiger partial charge in [0.1, 0.15) is 5.82 Å². The third kappa shape index (κ3) is 3.42. The molecule has 112 valence electrons. The standard InChI is InChI=1S/C19H29F/c1-4-14(3)19(16-9-7-6-8-10-16)18-12-11-17(20)13-15(18)5-2/h11-14,16,19H,4-10H2,1-3H3. The summed E-state index contributed by atoms with van der Waals surface area (Å²) in [4.78, 5) is 0. The van der Waals surface area contributed by atoms with Crippen molar-refractivity contribution in [2.75, 3.05) is 0 Å². The van der Waals surface area contributed by atoms with Crippen molar-refractivity contribution in [3.63, 3.8) is 0 Å². The average molecular weight is 276 g/mol. The Balaban J connectivity index is 2.34. The summed E-state index contributed by atoms with van der Waals surface area (Å²) in [7, 11) is 0. The van der Waals surface area contributed by atoms with Gasteiger partial charge in [-0.1, -0.05) is 52.5 Å². The predicted octanol–water partition coefficient (Wildman–Crippen LogP) is 6.10. The van der Waals surface area contributed by atoms with Crippen LogP contribution in [0.3, 0.4) is 0 Å². The Morgan fingerprint density at radius 2 is 1.85 bits per heavy atom. The van der Waals surface area contributed by atoms with Gasteiger partial charge in [-0.05, 0) is 60.3 Å². The van der Waals surface area contributed by atoms with Gasteiger partial charge in [-0.2, -0.15) is 0 Å². The molecule has 0 amide bonds. The van der Waals surface area contributed by atoms with Crippen molar-refractivity contribution in [1.82, 2.24) is 0 Å². The SMILES string of the molecule is CCc1cc(F)ccc1C(C(C)CC)C1CCCCC1. The van der Waals surface area contributed by atoms with Crippen LogP contribution in [-0.4, -0.2) is 0 Å². The van der Waals surface area contributed by atoms with Crippen molar-refractivity contribution >= 4 is 0 Å². The molecule has 2 atom stereocenters. The second kappa shape index (κ2) is 7.24. The summed E-state index contributed by atoms with van der Waals surface area (Å²) in [5.41, 5.74) is 2.65. The Kier molecular flexibility index (Phi) is 5.63. The van der Waals surface area contributed by atoms with E-state index in [0.717, 1.165) is 12.3 Å². The summed E-state index contributed by atoms with van der Waals surface area (Å²) < 4.78 is 13.5. The second-order valence-electron chi connectivity index (χ2n) is 6.51. The van der Waals surface area contributed by atoms with E-state index in [1.54, 1.807) is 12.1 Å². The topological polar surface area (TPSA) is 0 Å². The van der Waals surface area contributed by atoms with Crippen LogP contribution in [0.4, 0.5) is 4.39 Å². The summed E-state index contributed by atoms with van der Waals surface area (Å²) in [6, 6.07) is 5.49. The molecule has 0 saturated heterocycles. The normalized spacial score (nSPS) is 19.8. The Hall–Kier alpha value is -0.850. The highest BCUT2D eigenvalue weighted by Crippen LogP contribution is 2.42. The van der Waals surface area contributed by atoms with E-state index in [4.69, 9.17) is 0 Å². The van der Waals surface area contributed by atoms with Gasteiger partial charge in [-0.3, -0.25) is 0 Å². The number of benzene rings is 1. The highest BCUT2D eigenvalue weighted by molar-refractivity contribution is 5.32. The first-order valence-electron chi connectivity index (χ1n) is 8.45. The van der Waals surface area contributed by atoms with Crippen LogP contribution in [0.2, 0.25) is 0 Å². The highest BCUT2D eigenvalue weighted by atomic mass is 19.1. The molecule has 1 aromatic rings. The first-order valence-corrected chi connectivity index (χ1v) is 8.45. The van der Waals surface area contributed by atoms with Crippen LogP contribution in [0, 0.1) is 17.7 Å². The lowest BCUT2D eigenvalue weighted by Gasteiger charge is -2.35. The van der Waals surface area contributed by atoms with Gasteiger partial charge in [0.2, 0.25) is 0 Å². The number of hydrogen-bond acceptors (Lipinski definition) is 0. The molecule has 0 aliphatic heterocycles. The fraction of sp³-hybridized carbons (Fsp3) is 0.684. The van der Waals surface area contributed by atoms with Crippen molar-refractivity contribution in [1.29, 1.82) is 0 Å². The van der Waals surface area contributed by atoms with Gasteiger partial charge in [0.25, 0.3) is 0 Å². The van der Waals surface area contributed by atoms with E-state index in [1.165, 1.54) is 49.7 Å². The van der Waals surface area contributed by atoms with Crippen molar-refractivity contribution < 1.29 is 4.39 Å². The van der Waals surface area contributed by atoms with Crippen LogP contribution >= 0.6 is 0 Å². The van der Waals surface area contributed by atoms with Gasteiger partial charge in [-0.15, -0.1) is 0 Å². The average Bonchev–Trinajstić information content (AvgIpc) is 2.49. The molecule has 1 aromatic carbocycles. The van der Waals surface area contributed by atoms with Crippen molar-refractivity contribution in [2.45, 2.75) is 71.6 Å². The van der Waals surface area contributed by atoms with Gasteiger partial charge in [0.05, 0.1) is 0 Å². The van der Waals surface area contributed by atoms with Crippen LogP contribution in [0.1, 0.15) is 76.3 Å². The molecule has 0 aromatic heterocycles. The maximum Gasteiger partial charge on any atom is 0.123 e. The zero-order valence-electron chi connectivity index (χ0n) is 13.3. The number of halogens is 1. The molecular formula is C19H29F. The Bertz CT molecular complexity index is 418. The summed E-state index contributed by atoms with van der Waals surface area (Å²) in [6.45, 7) is 6.81. The van der Waals surface area contributed by atoms with Crippen LogP contribution < -0.4 is 0 Å². The first kappa shape index (κ1) is 15.5. The Morgan fingerprint density at radius 3 is 2.45 bits per heavy atom. The second-order valence-corrected chi connectivity index (χ2v) is 6.51. The first-order chi connectivity index (χ1) is 9.67. The predicted molar refractivity (Wildman–Crippen MR) is 84.5 cm³/mol. The molecule has 2 unspecified atom stereocenters. The molecule has 1 saturated carbocycles. The molecule has 0 heterocycles. The maximum absolute atomic E-state index is 13.5. The lowest BCUT2D eigenvalue weighted by atomic mass is 9.69. The third-order valence-corrected chi connectivity index (χ3v) is 5.26. The Labute approximate surface area is 123 Å². The molecule has 20 heavy (non-hydrogen) atoms. The number of rotatable bonds is 5. The van der Waals surface area contributed by atoms with E-state index in [0.29, 0.717) is 11.8 Å². The van der Waals surface area contributed by atoms with Crippen LogP contribution in [0.25, 0.3) is 0 Å². The molecule has 1 fully saturated rings. The molecule has 2 rings (SSSR count). The fourth-order valence-corrected chi connectivity index (χ4v) is 3.98. The third-order valence-electron chi connectivity index (χ3n) is 5.26. The quantitative estimate of drug-likeness (QED) is 0.609. The number of aryl methyl sites for hydroxylation is 1. The molecule has 0 N–H and O–H groups in total. The monoisotopic (exact) mass is 276 g/mol. The minimum Gasteiger partial charge on any atom is -0.207 e. The zero-order chi connectivity index (χ0) is 14.5. The van der Waals surface area contributed by atoms with Gasteiger partial charge in [-0.25, -0.2) is 4.39 Å². The van der Waals surface area contributed by atoms with Crippen LogP contribution in [0.15, 0.2) is 18.2 Å². The summed E-state index contributed by atoms with van der Waals surface area (Å²) in [5.74, 6) is 2.02. The van der Waals surface area contributed by atoms with Crippen molar-refractivity contribution in [3.05, 3.63) is 35.1 Å². The van der Waals surface area contributed by atoms with E-state index in [9.17, 15) is 4.39 Å². The van der Waals surface area contributed by atoms with Crippen molar-refractivity contribution in [3.8, 4) is 0 Å². The molecule has 0 nitrogen and oxygen atoms in total. The molecule has 1 aliphatic rings. The van der Waals surface area contributed by atoms with E-state index < -0.39 is 0 Å². The molecule has 1 aliphatic carbocycles. The van der Waals surface area contributed by atoms with Crippen molar-refractivity contribution in [2.24, 2.45) is 11.8 Å². The molecule has 0 bridgehead atoms. The lowest BCUT2D eigenvalue weighted by molar-refractivity contribution is 0.246. The van der Waals surface area contributed by atoms with Gasteiger partial charge < -0.3 is 0 Å². The van der Waals surface area contributed by atoms with E-state index in [1.807, 2.05) is 0 Å². The van der Waals surface area contributed by atoms with Gasteiger partial charge >= 0.3 is 0 Å². The zero-order valence-corrected chi connectivity index (χ0v) is 13.3. The summed E-state index contributed by atoms with van der Waals surface area (Å²) >= 11 is 0. The Morgan fingerprint density at radius 1 is 1.15 bits per heavy atom. The van der Waals surface area contributed by atoms with E-state index in [2.05, 4.69) is 26.8 Å². The highest BCUT2D eigenvalue weighted by Gasteiger charge is 2.30.